The van der Waals surface area contributed by atoms with Gasteiger partial charge < -0.3 is 10.4 Å². The number of aryl methyl sites for hydroxylation is 3. The van der Waals surface area contributed by atoms with Crippen molar-refractivity contribution in [3.63, 3.8) is 0 Å². The molecular weight excluding hydrogens is 390 g/mol. The lowest BCUT2D eigenvalue weighted by Gasteiger charge is -2.15. The number of carboxylic acids is 1. The molecule has 4 aromatic rings. The molecule has 0 amide bonds. The highest BCUT2D eigenvalue weighted by Gasteiger charge is 2.23. The van der Waals surface area contributed by atoms with Gasteiger partial charge in [-0.15, -0.1) is 0 Å². The molecule has 31 heavy (non-hydrogen) atoms. The molecule has 0 saturated heterocycles. The molecule has 0 radical (unpaired) electrons. The van der Waals surface area contributed by atoms with Crippen molar-refractivity contribution < 1.29 is 9.90 Å². The van der Waals surface area contributed by atoms with E-state index in [4.69, 9.17) is 5.10 Å². The highest BCUT2D eigenvalue weighted by Crippen LogP contribution is 2.36. The van der Waals surface area contributed by atoms with Crippen LogP contribution in [0.15, 0.2) is 61.1 Å². The van der Waals surface area contributed by atoms with Gasteiger partial charge in [-0.1, -0.05) is 30.7 Å². The quantitative estimate of drug-likeness (QED) is 0.465. The minimum Gasteiger partial charge on any atom is -0.478 e. The first kappa shape index (κ1) is 20.3. The number of aromatic nitrogens is 4. The van der Waals surface area contributed by atoms with Gasteiger partial charge in [0.15, 0.2) is 5.82 Å². The lowest BCUT2D eigenvalue weighted by Crippen LogP contribution is -2.09. The number of aromatic carboxylic acids is 1. The van der Waals surface area contributed by atoms with Crippen molar-refractivity contribution in [1.82, 2.24) is 19.7 Å². The minimum atomic E-state index is -0.995. The van der Waals surface area contributed by atoms with E-state index >= 15 is 0 Å². The Hall–Kier alpha value is -4.00. The fourth-order valence-electron chi connectivity index (χ4n) is 3.56. The van der Waals surface area contributed by atoms with Crippen LogP contribution < -0.4 is 5.32 Å². The van der Waals surface area contributed by atoms with Gasteiger partial charge >= 0.3 is 5.97 Å². The zero-order valence-electron chi connectivity index (χ0n) is 17.6. The Morgan fingerprint density at radius 1 is 1.13 bits per heavy atom. The Balaban J connectivity index is 1.99. The summed E-state index contributed by atoms with van der Waals surface area (Å²) < 4.78 is 1.75. The molecule has 3 aromatic heterocycles. The van der Waals surface area contributed by atoms with Crippen molar-refractivity contribution in [2.45, 2.75) is 27.2 Å². The Morgan fingerprint density at radius 3 is 2.61 bits per heavy atom. The smallest absolute Gasteiger partial charge is 0.337 e. The van der Waals surface area contributed by atoms with Crippen LogP contribution in [0.2, 0.25) is 0 Å². The van der Waals surface area contributed by atoms with Crippen molar-refractivity contribution in [3.05, 3.63) is 83.4 Å². The van der Waals surface area contributed by atoms with E-state index in [1.165, 1.54) is 0 Å². The molecule has 156 valence electrons. The molecular formula is C24H23N5O2. The van der Waals surface area contributed by atoms with E-state index in [0.717, 1.165) is 27.9 Å². The first-order valence-electron chi connectivity index (χ1n) is 10.0. The summed E-state index contributed by atoms with van der Waals surface area (Å²) in [6.07, 6.45) is 5.91. The zero-order valence-corrected chi connectivity index (χ0v) is 17.6. The van der Waals surface area contributed by atoms with Gasteiger partial charge in [-0.05, 0) is 50.1 Å². The number of benzene rings is 1. The van der Waals surface area contributed by atoms with E-state index in [-0.39, 0.29) is 5.56 Å². The molecule has 0 fully saturated rings. The van der Waals surface area contributed by atoms with Gasteiger partial charge in [0.2, 0.25) is 0 Å². The van der Waals surface area contributed by atoms with E-state index < -0.39 is 5.97 Å². The standard InChI is InChI=1S/C24H23N5O2/c1-4-19-21(17-8-6-11-25-14-17)23(29(28-19)22-16(3)7-5-12-26-22)27-20-10-9-15(2)13-18(20)24(30)31/h5-14,27H,4H2,1-3H3,(H,30,31). The van der Waals surface area contributed by atoms with Crippen LogP contribution in [0.4, 0.5) is 11.5 Å². The molecule has 0 unspecified atom stereocenters. The van der Waals surface area contributed by atoms with Gasteiger partial charge in [-0.3, -0.25) is 4.98 Å². The molecule has 0 aliphatic heterocycles. The number of carbonyl (C=O) groups is 1. The van der Waals surface area contributed by atoms with Gasteiger partial charge in [0.1, 0.15) is 5.82 Å². The van der Waals surface area contributed by atoms with E-state index in [0.29, 0.717) is 23.7 Å². The molecule has 0 aliphatic carbocycles. The summed E-state index contributed by atoms with van der Waals surface area (Å²) in [5, 5.41) is 17.9. The topological polar surface area (TPSA) is 92.9 Å². The Bertz CT molecular complexity index is 1250. The molecule has 1 aromatic carbocycles. The fraction of sp³-hybridized carbons (Fsp3) is 0.167. The normalized spacial score (nSPS) is 10.8. The van der Waals surface area contributed by atoms with Crippen LogP contribution in [0.3, 0.4) is 0 Å². The lowest BCUT2D eigenvalue weighted by atomic mass is 10.0. The molecule has 2 N–H and O–H groups in total. The third kappa shape index (κ3) is 3.90. The van der Waals surface area contributed by atoms with Gasteiger partial charge in [-0.2, -0.15) is 9.78 Å². The van der Waals surface area contributed by atoms with E-state index in [1.807, 2.05) is 51.1 Å². The van der Waals surface area contributed by atoms with E-state index in [1.54, 1.807) is 35.4 Å². The molecule has 0 aliphatic rings. The Labute approximate surface area is 180 Å². The average Bonchev–Trinajstić information content (AvgIpc) is 3.13. The molecule has 7 heteroatoms. The molecule has 0 saturated carbocycles. The fourth-order valence-corrected chi connectivity index (χ4v) is 3.56. The monoisotopic (exact) mass is 413 g/mol. The summed E-state index contributed by atoms with van der Waals surface area (Å²) in [4.78, 5) is 20.7. The van der Waals surface area contributed by atoms with Crippen LogP contribution in [-0.4, -0.2) is 30.8 Å². The van der Waals surface area contributed by atoms with Crippen molar-refractivity contribution in [2.75, 3.05) is 5.32 Å². The molecule has 0 spiro atoms. The van der Waals surface area contributed by atoms with E-state index in [2.05, 4.69) is 15.3 Å². The maximum absolute atomic E-state index is 11.9. The highest BCUT2D eigenvalue weighted by molar-refractivity contribution is 5.96. The number of hydrogen-bond donors (Lipinski definition) is 2. The van der Waals surface area contributed by atoms with Crippen molar-refractivity contribution in [2.24, 2.45) is 0 Å². The molecule has 4 rings (SSSR count). The number of hydrogen-bond acceptors (Lipinski definition) is 5. The van der Waals surface area contributed by atoms with E-state index in [9.17, 15) is 9.90 Å². The number of rotatable bonds is 6. The van der Waals surface area contributed by atoms with Crippen LogP contribution in [0.5, 0.6) is 0 Å². The minimum absolute atomic E-state index is 0.195. The summed E-state index contributed by atoms with van der Waals surface area (Å²) >= 11 is 0. The lowest BCUT2D eigenvalue weighted by molar-refractivity contribution is 0.0698. The zero-order chi connectivity index (χ0) is 22.0. The predicted molar refractivity (Wildman–Crippen MR) is 120 cm³/mol. The largest absolute Gasteiger partial charge is 0.478 e. The third-order valence-corrected chi connectivity index (χ3v) is 5.08. The predicted octanol–water partition coefficient (Wildman–Crippen LogP) is 4.95. The first-order valence-corrected chi connectivity index (χ1v) is 10.0. The second-order valence-electron chi connectivity index (χ2n) is 7.30. The summed E-state index contributed by atoms with van der Waals surface area (Å²) in [5.74, 6) is 0.335. The number of pyridine rings is 2. The van der Waals surface area contributed by atoms with Gasteiger partial charge in [0, 0.05) is 29.7 Å². The maximum Gasteiger partial charge on any atom is 0.337 e. The number of anilines is 2. The molecule has 0 bridgehead atoms. The van der Waals surface area contributed by atoms with Crippen molar-refractivity contribution in [3.8, 4) is 16.9 Å². The number of nitrogens with one attached hydrogen (secondary N) is 1. The summed E-state index contributed by atoms with van der Waals surface area (Å²) in [6.45, 7) is 5.88. The first-order chi connectivity index (χ1) is 15.0. The summed E-state index contributed by atoms with van der Waals surface area (Å²) in [6, 6.07) is 13.0. The SMILES string of the molecule is CCc1nn(-c2ncccc2C)c(Nc2ccc(C)cc2C(=O)O)c1-c1cccnc1. The van der Waals surface area contributed by atoms with Gasteiger partial charge in [0.25, 0.3) is 0 Å². The van der Waals surface area contributed by atoms with Crippen molar-refractivity contribution >= 4 is 17.5 Å². The molecule has 0 atom stereocenters. The summed E-state index contributed by atoms with van der Waals surface area (Å²) in [7, 11) is 0. The Morgan fingerprint density at radius 2 is 1.94 bits per heavy atom. The van der Waals surface area contributed by atoms with Crippen LogP contribution in [0.25, 0.3) is 16.9 Å². The second-order valence-corrected chi connectivity index (χ2v) is 7.30. The molecule has 3 heterocycles. The second kappa shape index (κ2) is 8.39. The van der Waals surface area contributed by atoms with Gasteiger partial charge in [-0.25, -0.2) is 9.78 Å². The van der Waals surface area contributed by atoms with Crippen LogP contribution in [-0.2, 0) is 6.42 Å². The average molecular weight is 413 g/mol. The number of carboxylic acid groups (broad SMARTS) is 1. The maximum atomic E-state index is 11.9. The van der Waals surface area contributed by atoms with Crippen LogP contribution in [0.1, 0.15) is 34.1 Å². The van der Waals surface area contributed by atoms with Gasteiger partial charge in [0.05, 0.1) is 16.9 Å². The van der Waals surface area contributed by atoms with Crippen LogP contribution in [0, 0.1) is 13.8 Å². The molecule has 7 nitrogen and oxygen atoms in total. The summed E-state index contributed by atoms with van der Waals surface area (Å²) in [5.41, 5.74) is 5.14. The Kier molecular flexibility index (Phi) is 5.49. The highest BCUT2D eigenvalue weighted by atomic mass is 16.4. The van der Waals surface area contributed by atoms with Crippen LogP contribution >= 0.6 is 0 Å². The number of nitrogens with zero attached hydrogens (tertiary/aromatic N) is 4. The third-order valence-electron chi connectivity index (χ3n) is 5.08. The van der Waals surface area contributed by atoms with Crippen molar-refractivity contribution in [1.29, 1.82) is 0 Å².